The first-order valence-electron chi connectivity index (χ1n) is 12.9. The van der Waals surface area contributed by atoms with Crippen LogP contribution in [0, 0.1) is 6.92 Å². The van der Waals surface area contributed by atoms with Crippen molar-refractivity contribution in [1.29, 1.82) is 0 Å². The van der Waals surface area contributed by atoms with Crippen LogP contribution in [0.1, 0.15) is 55.0 Å². The average Bonchev–Trinajstić information content (AvgIpc) is 2.94. The van der Waals surface area contributed by atoms with E-state index in [1.807, 2.05) is 43.3 Å². The number of rotatable bonds is 7. The molecule has 0 aliphatic heterocycles. The van der Waals surface area contributed by atoms with Gasteiger partial charge in [0.05, 0.1) is 17.1 Å². The molecule has 1 aromatic heterocycles. The van der Waals surface area contributed by atoms with E-state index in [1.54, 1.807) is 30.5 Å². The zero-order chi connectivity index (χ0) is 27.4. The maximum Gasteiger partial charge on any atom is 0.282 e. The van der Waals surface area contributed by atoms with Gasteiger partial charge in [-0.15, -0.1) is 0 Å². The summed E-state index contributed by atoms with van der Waals surface area (Å²) in [7, 11) is 0. The van der Waals surface area contributed by atoms with Crippen LogP contribution in [-0.2, 0) is 4.79 Å². The maximum atomic E-state index is 13.6. The van der Waals surface area contributed by atoms with Crippen LogP contribution in [0.2, 0.25) is 5.02 Å². The lowest BCUT2D eigenvalue weighted by molar-refractivity contribution is -0.118. The summed E-state index contributed by atoms with van der Waals surface area (Å²) in [4.78, 5) is 31.0. The minimum Gasteiger partial charge on any atom is -0.483 e. The molecule has 1 aliphatic rings. The fourth-order valence-electron chi connectivity index (χ4n) is 4.82. The SMILES string of the molecule is Cc1ccccc1NC(=O)COc1ccc(Cl)cc1C=Nn1c(C2CCCCC2)nc2ccc(Br)cc2c1=O. The minimum atomic E-state index is -0.290. The van der Waals surface area contributed by atoms with Crippen LogP contribution in [0.15, 0.2) is 75.0 Å². The smallest absolute Gasteiger partial charge is 0.282 e. The van der Waals surface area contributed by atoms with E-state index in [9.17, 15) is 9.59 Å². The molecule has 0 radical (unpaired) electrons. The summed E-state index contributed by atoms with van der Waals surface area (Å²) in [6.45, 7) is 1.73. The van der Waals surface area contributed by atoms with E-state index in [0.717, 1.165) is 41.4 Å². The van der Waals surface area contributed by atoms with Crippen molar-refractivity contribution >= 4 is 56.2 Å². The highest BCUT2D eigenvalue weighted by Gasteiger charge is 2.22. The van der Waals surface area contributed by atoms with E-state index in [1.165, 1.54) is 11.1 Å². The third-order valence-corrected chi connectivity index (χ3v) is 7.59. The number of para-hydroxylation sites is 1. The van der Waals surface area contributed by atoms with Crippen molar-refractivity contribution in [3.05, 3.63) is 97.5 Å². The number of aromatic nitrogens is 2. The number of ether oxygens (including phenoxy) is 1. The zero-order valence-corrected chi connectivity index (χ0v) is 23.8. The van der Waals surface area contributed by atoms with Crippen LogP contribution in [0.4, 0.5) is 5.69 Å². The van der Waals surface area contributed by atoms with Crippen molar-refractivity contribution < 1.29 is 9.53 Å². The lowest BCUT2D eigenvalue weighted by atomic mass is 9.88. The Kier molecular flexibility index (Phi) is 8.43. The van der Waals surface area contributed by atoms with Crippen molar-refractivity contribution in [2.75, 3.05) is 11.9 Å². The molecule has 7 nitrogen and oxygen atoms in total. The van der Waals surface area contributed by atoms with Gasteiger partial charge in [0, 0.05) is 26.7 Å². The van der Waals surface area contributed by atoms with Gasteiger partial charge in [-0.05, 0) is 67.8 Å². The van der Waals surface area contributed by atoms with Crippen molar-refractivity contribution in [2.45, 2.75) is 44.9 Å². The first-order valence-corrected chi connectivity index (χ1v) is 14.1. The molecular formula is C30H28BrClN4O3. The molecule has 0 atom stereocenters. The van der Waals surface area contributed by atoms with Crippen molar-refractivity contribution in [3.8, 4) is 5.75 Å². The summed E-state index contributed by atoms with van der Waals surface area (Å²) >= 11 is 9.74. The molecule has 3 aromatic carbocycles. The number of benzene rings is 3. The summed E-state index contributed by atoms with van der Waals surface area (Å²) < 4.78 is 8.04. The number of fused-ring (bicyclic) bond motifs is 1. The molecule has 0 saturated heterocycles. The molecule has 1 aliphatic carbocycles. The zero-order valence-electron chi connectivity index (χ0n) is 21.5. The lowest BCUT2D eigenvalue weighted by Gasteiger charge is -2.22. The van der Waals surface area contributed by atoms with Crippen LogP contribution < -0.4 is 15.6 Å². The number of carbonyl (C=O) groups excluding carboxylic acids is 1. The average molecular weight is 608 g/mol. The molecule has 39 heavy (non-hydrogen) atoms. The van der Waals surface area contributed by atoms with E-state index in [0.29, 0.717) is 33.1 Å². The number of amides is 1. The third-order valence-electron chi connectivity index (χ3n) is 6.87. The van der Waals surface area contributed by atoms with Gasteiger partial charge in [-0.25, -0.2) is 4.98 Å². The molecule has 5 rings (SSSR count). The number of aryl methyl sites for hydroxylation is 1. The summed E-state index contributed by atoms with van der Waals surface area (Å²) in [6.07, 6.45) is 6.85. The first kappa shape index (κ1) is 27.1. The number of nitrogens with one attached hydrogen (secondary N) is 1. The molecule has 0 spiro atoms. The normalized spacial score (nSPS) is 14.1. The Morgan fingerprint density at radius 3 is 2.74 bits per heavy atom. The summed E-state index contributed by atoms with van der Waals surface area (Å²) in [6, 6.07) is 18.1. The van der Waals surface area contributed by atoms with E-state index >= 15 is 0 Å². The third kappa shape index (κ3) is 6.40. The van der Waals surface area contributed by atoms with Crippen LogP contribution in [-0.4, -0.2) is 28.4 Å². The molecule has 1 fully saturated rings. The Labute approximate surface area is 240 Å². The number of hydrogen-bond acceptors (Lipinski definition) is 5. The Morgan fingerprint density at radius 2 is 1.95 bits per heavy atom. The van der Waals surface area contributed by atoms with Crippen molar-refractivity contribution in [2.24, 2.45) is 5.10 Å². The highest BCUT2D eigenvalue weighted by Crippen LogP contribution is 2.32. The summed E-state index contributed by atoms with van der Waals surface area (Å²) in [5, 5.41) is 8.43. The fraction of sp³-hybridized carbons (Fsp3) is 0.267. The number of halogens is 2. The van der Waals surface area contributed by atoms with Crippen molar-refractivity contribution in [1.82, 2.24) is 9.66 Å². The summed E-state index contributed by atoms with van der Waals surface area (Å²) in [5.74, 6) is 0.943. The van der Waals surface area contributed by atoms with Gasteiger partial charge in [0.15, 0.2) is 6.61 Å². The van der Waals surface area contributed by atoms with Gasteiger partial charge >= 0.3 is 0 Å². The van der Waals surface area contributed by atoms with Gasteiger partial charge in [0.1, 0.15) is 11.6 Å². The monoisotopic (exact) mass is 606 g/mol. The van der Waals surface area contributed by atoms with Crippen LogP contribution >= 0.6 is 27.5 Å². The van der Waals surface area contributed by atoms with Gasteiger partial charge in [0.2, 0.25) is 0 Å². The first-order chi connectivity index (χ1) is 18.9. The highest BCUT2D eigenvalue weighted by molar-refractivity contribution is 9.10. The quantitative estimate of drug-likeness (QED) is 0.228. The molecule has 0 unspecified atom stereocenters. The van der Waals surface area contributed by atoms with Gasteiger partial charge in [-0.1, -0.05) is 65.0 Å². The van der Waals surface area contributed by atoms with E-state index in [2.05, 4.69) is 26.3 Å². The second kappa shape index (κ2) is 12.1. The largest absolute Gasteiger partial charge is 0.483 e. The molecule has 1 N–H and O–H groups in total. The molecule has 200 valence electrons. The van der Waals surface area contributed by atoms with Gasteiger partial charge in [-0.3, -0.25) is 9.59 Å². The topological polar surface area (TPSA) is 85.6 Å². The highest BCUT2D eigenvalue weighted by atomic mass is 79.9. The predicted molar refractivity (Wildman–Crippen MR) is 159 cm³/mol. The van der Waals surface area contributed by atoms with E-state index in [4.69, 9.17) is 21.3 Å². The summed E-state index contributed by atoms with van der Waals surface area (Å²) in [5.41, 5.74) is 2.65. The number of carbonyl (C=O) groups is 1. The Morgan fingerprint density at radius 1 is 1.15 bits per heavy atom. The van der Waals surface area contributed by atoms with Crippen LogP contribution in [0.3, 0.4) is 0 Å². The minimum absolute atomic E-state index is 0.150. The lowest BCUT2D eigenvalue weighted by Crippen LogP contribution is -2.25. The number of nitrogens with zero attached hydrogens (tertiary/aromatic N) is 3. The molecule has 4 aromatic rings. The Bertz CT molecular complexity index is 1610. The van der Waals surface area contributed by atoms with Crippen LogP contribution in [0.25, 0.3) is 10.9 Å². The predicted octanol–water partition coefficient (Wildman–Crippen LogP) is 7.07. The molecule has 1 heterocycles. The Balaban J connectivity index is 1.45. The number of anilines is 1. The van der Waals surface area contributed by atoms with Crippen molar-refractivity contribution in [3.63, 3.8) is 0 Å². The van der Waals surface area contributed by atoms with E-state index < -0.39 is 0 Å². The standard InChI is InChI=1S/C30H28BrClN4O3/c1-19-7-5-6-10-25(19)34-28(37)18-39-27-14-12-23(32)15-21(27)17-33-36-29(20-8-3-2-4-9-20)35-26-13-11-22(31)16-24(26)30(36)38/h5-7,10-17,20H,2-4,8-9,18H2,1H3,(H,34,37). The van der Waals surface area contributed by atoms with E-state index in [-0.39, 0.29) is 24.0 Å². The molecule has 9 heteroatoms. The second-order valence-corrected chi connectivity index (χ2v) is 11.0. The maximum absolute atomic E-state index is 13.6. The molecule has 1 amide bonds. The molecule has 0 bridgehead atoms. The van der Waals surface area contributed by atoms with Gasteiger partial charge in [0.25, 0.3) is 11.5 Å². The molecular weight excluding hydrogens is 580 g/mol. The van der Waals surface area contributed by atoms with Crippen LogP contribution in [0.5, 0.6) is 5.75 Å². The fourth-order valence-corrected chi connectivity index (χ4v) is 5.36. The second-order valence-electron chi connectivity index (χ2n) is 9.66. The Hall–Kier alpha value is -3.49. The number of hydrogen-bond donors (Lipinski definition) is 1. The molecule has 1 saturated carbocycles. The van der Waals surface area contributed by atoms with Gasteiger partial charge < -0.3 is 10.1 Å². The van der Waals surface area contributed by atoms with Gasteiger partial charge in [-0.2, -0.15) is 9.78 Å².